The Hall–Kier alpha value is -2.70. The minimum atomic E-state index is -1.12. The summed E-state index contributed by atoms with van der Waals surface area (Å²) in [6, 6.07) is 10.4. The molecule has 3 rings (SSSR count). The maximum atomic E-state index is 12.4. The molecule has 2 N–H and O–H groups in total. The van der Waals surface area contributed by atoms with Gasteiger partial charge in [-0.05, 0) is 31.2 Å². The zero-order valence-corrected chi connectivity index (χ0v) is 14.7. The second-order valence-electron chi connectivity index (χ2n) is 5.35. The van der Waals surface area contributed by atoms with Gasteiger partial charge in [-0.3, -0.25) is 4.79 Å². The number of hydrogen-bond donors (Lipinski definition) is 2. The van der Waals surface area contributed by atoms with Gasteiger partial charge in [-0.25, -0.2) is 9.78 Å². The average molecular weight is 373 g/mol. The van der Waals surface area contributed by atoms with Crippen LogP contribution in [-0.2, 0) is 0 Å². The average Bonchev–Trinajstić information content (AvgIpc) is 2.99. The van der Waals surface area contributed by atoms with Crippen LogP contribution < -0.4 is 5.32 Å². The number of anilines is 1. The molecule has 0 saturated heterocycles. The number of aromatic carboxylic acids is 1. The molecule has 1 aromatic carbocycles. The van der Waals surface area contributed by atoms with Crippen molar-refractivity contribution in [1.29, 1.82) is 0 Å². The third-order valence-electron chi connectivity index (χ3n) is 3.55. The quantitative estimate of drug-likeness (QED) is 0.649. The molecule has 1 amide bonds. The van der Waals surface area contributed by atoms with E-state index in [0.29, 0.717) is 21.8 Å². The first-order valence-electron chi connectivity index (χ1n) is 7.30. The summed E-state index contributed by atoms with van der Waals surface area (Å²) in [5.74, 6) is -1.47. The fraction of sp³-hybridized carbons (Fsp3) is 0.0556. The van der Waals surface area contributed by atoms with Gasteiger partial charge in [0.15, 0.2) is 0 Å². The summed E-state index contributed by atoms with van der Waals surface area (Å²) < 4.78 is 0. The summed E-state index contributed by atoms with van der Waals surface area (Å²) in [6.07, 6.45) is 1.50. The van der Waals surface area contributed by atoms with Gasteiger partial charge < -0.3 is 10.4 Å². The molecule has 0 aliphatic heterocycles. The minimum absolute atomic E-state index is 0.0372. The van der Waals surface area contributed by atoms with E-state index in [1.165, 1.54) is 6.20 Å². The Morgan fingerprint density at radius 2 is 2.04 bits per heavy atom. The van der Waals surface area contributed by atoms with Gasteiger partial charge in [0.2, 0.25) is 0 Å². The van der Waals surface area contributed by atoms with E-state index in [2.05, 4.69) is 10.3 Å². The maximum Gasteiger partial charge on any atom is 0.339 e. The number of aryl methyl sites for hydroxylation is 1. The summed E-state index contributed by atoms with van der Waals surface area (Å²) in [4.78, 5) is 28.1. The predicted molar refractivity (Wildman–Crippen MR) is 98.7 cm³/mol. The van der Waals surface area contributed by atoms with E-state index >= 15 is 0 Å². The molecular formula is C18H13ClN2O3S. The zero-order chi connectivity index (χ0) is 18.0. The summed E-state index contributed by atoms with van der Waals surface area (Å²) in [6.45, 7) is 1.89. The Kier molecular flexibility index (Phi) is 4.83. The lowest BCUT2D eigenvalue weighted by molar-refractivity contribution is 0.0699. The molecule has 0 spiro atoms. The second-order valence-corrected chi connectivity index (χ2v) is 6.62. The Labute approximate surface area is 152 Å². The first-order valence-corrected chi connectivity index (χ1v) is 8.56. The third-order valence-corrected chi connectivity index (χ3v) is 4.67. The Morgan fingerprint density at radius 1 is 1.24 bits per heavy atom. The fourth-order valence-corrected chi connectivity index (χ4v) is 3.44. The van der Waals surface area contributed by atoms with Crippen molar-refractivity contribution in [2.24, 2.45) is 0 Å². The summed E-state index contributed by atoms with van der Waals surface area (Å²) in [5.41, 5.74) is 2.56. The van der Waals surface area contributed by atoms with E-state index in [0.717, 1.165) is 16.9 Å². The number of carbonyl (C=O) groups is 2. The zero-order valence-electron chi connectivity index (χ0n) is 13.1. The predicted octanol–water partition coefficient (Wildman–Crippen LogP) is 4.72. The van der Waals surface area contributed by atoms with Crippen LogP contribution in [0.25, 0.3) is 11.1 Å². The van der Waals surface area contributed by atoms with Crippen molar-refractivity contribution in [3.63, 3.8) is 0 Å². The molecule has 2 aromatic heterocycles. The van der Waals surface area contributed by atoms with Crippen molar-refractivity contribution in [3.8, 4) is 11.1 Å². The number of thiophene rings is 1. The van der Waals surface area contributed by atoms with Gasteiger partial charge in [0.05, 0.1) is 0 Å². The van der Waals surface area contributed by atoms with Crippen LogP contribution in [0.3, 0.4) is 0 Å². The topological polar surface area (TPSA) is 79.3 Å². The molecule has 2 heterocycles. The lowest BCUT2D eigenvalue weighted by atomic mass is 10.1. The molecule has 3 aromatic rings. The van der Waals surface area contributed by atoms with Gasteiger partial charge in [-0.1, -0.05) is 29.3 Å². The van der Waals surface area contributed by atoms with E-state index in [1.807, 2.05) is 13.0 Å². The lowest BCUT2D eigenvalue weighted by Crippen LogP contribution is -2.13. The van der Waals surface area contributed by atoms with Crippen LogP contribution >= 0.6 is 22.9 Å². The number of carbonyl (C=O) groups excluding carboxylic acids is 1. The van der Waals surface area contributed by atoms with E-state index in [1.54, 1.807) is 35.7 Å². The van der Waals surface area contributed by atoms with Crippen molar-refractivity contribution in [3.05, 3.63) is 69.8 Å². The first kappa shape index (κ1) is 17.1. The normalized spacial score (nSPS) is 10.5. The molecule has 0 saturated carbocycles. The Bertz CT molecular complexity index is 951. The standard InChI is InChI=1S/C18H13ClN2O3S/c1-10-3-2-4-11(7-10)16(22)21-17-15(18(23)24)13(9-25-17)12-5-6-14(19)20-8-12/h2-9H,1H3,(H,21,22)(H,23,24). The van der Waals surface area contributed by atoms with Gasteiger partial charge in [0.25, 0.3) is 5.91 Å². The van der Waals surface area contributed by atoms with Crippen LogP contribution in [0, 0.1) is 6.92 Å². The monoisotopic (exact) mass is 372 g/mol. The van der Waals surface area contributed by atoms with Crippen LogP contribution in [0.1, 0.15) is 26.3 Å². The highest BCUT2D eigenvalue weighted by atomic mass is 35.5. The van der Waals surface area contributed by atoms with Gasteiger partial charge in [0.1, 0.15) is 15.7 Å². The summed E-state index contributed by atoms with van der Waals surface area (Å²) in [5, 5.41) is 14.6. The number of nitrogens with one attached hydrogen (secondary N) is 1. The van der Waals surface area contributed by atoms with Crippen LogP contribution in [0.4, 0.5) is 5.00 Å². The first-order chi connectivity index (χ1) is 12.0. The molecule has 0 aliphatic carbocycles. The second kappa shape index (κ2) is 7.04. The Balaban J connectivity index is 1.96. The minimum Gasteiger partial charge on any atom is -0.478 e. The van der Waals surface area contributed by atoms with Crippen LogP contribution in [0.5, 0.6) is 0 Å². The van der Waals surface area contributed by atoms with Crippen molar-refractivity contribution < 1.29 is 14.7 Å². The smallest absolute Gasteiger partial charge is 0.339 e. The van der Waals surface area contributed by atoms with Crippen LogP contribution in [0.15, 0.2) is 48.0 Å². The SMILES string of the molecule is Cc1cccc(C(=O)Nc2scc(-c3ccc(Cl)nc3)c2C(=O)O)c1. The maximum absolute atomic E-state index is 12.4. The third kappa shape index (κ3) is 3.70. The highest BCUT2D eigenvalue weighted by molar-refractivity contribution is 7.15. The number of nitrogens with zero attached hydrogens (tertiary/aromatic N) is 1. The molecule has 25 heavy (non-hydrogen) atoms. The molecule has 7 heteroatoms. The van der Waals surface area contributed by atoms with Crippen molar-refractivity contribution in [2.45, 2.75) is 6.92 Å². The molecule has 0 unspecified atom stereocenters. The molecular weight excluding hydrogens is 360 g/mol. The van der Waals surface area contributed by atoms with E-state index < -0.39 is 5.97 Å². The number of rotatable bonds is 4. The van der Waals surface area contributed by atoms with E-state index in [-0.39, 0.29) is 16.5 Å². The van der Waals surface area contributed by atoms with Crippen LogP contribution in [0.2, 0.25) is 5.15 Å². The van der Waals surface area contributed by atoms with E-state index in [9.17, 15) is 14.7 Å². The number of benzene rings is 1. The van der Waals surface area contributed by atoms with Crippen LogP contribution in [-0.4, -0.2) is 22.0 Å². The van der Waals surface area contributed by atoms with E-state index in [4.69, 9.17) is 11.6 Å². The molecule has 0 aliphatic rings. The number of carboxylic acids is 1. The van der Waals surface area contributed by atoms with Crippen molar-refractivity contribution in [1.82, 2.24) is 4.98 Å². The largest absolute Gasteiger partial charge is 0.478 e. The number of halogens is 1. The highest BCUT2D eigenvalue weighted by Gasteiger charge is 2.21. The number of carboxylic acid groups (broad SMARTS) is 1. The molecule has 0 radical (unpaired) electrons. The van der Waals surface area contributed by atoms with Crippen molar-refractivity contribution >= 4 is 39.8 Å². The molecule has 126 valence electrons. The van der Waals surface area contributed by atoms with Crippen molar-refractivity contribution in [2.75, 3.05) is 5.32 Å². The van der Waals surface area contributed by atoms with Gasteiger partial charge in [-0.15, -0.1) is 11.3 Å². The number of pyridine rings is 1. The Morgan fingerprint density at radius 3 is 2.68 bits per heavy atom. The molecule has 0 atom stereocenters. The van der Waals surface area contributed by atoms with Gasteiger partial charge >= 0.3 is 5.97 Å². The number of hydrogen-bond acceptors (Lipinski definition) is 4. The summed E-state index contributed by atoms with van der Waals surface area (Å²) in [7, 11) is 0. The number of aromatic nitrogens is 1. The van der Waals surface area contributed by atoms with Gasteiger partial charge in [0, 0.05) is 28.3 Å². The molecule has 0 fully saturated rings. The lowest BCUT2D eigenvalue weighted by Gasteiger charge is -2.06. The fourth-order valence-electron chi connectivity index (χ4n) is 2.37. The molecule has 5 nitrogen and oxygen atoms in total. The summed E-state index contributed by atoms with van der Waals surface area (Å²) >= 11 is 6.93. The van der Waals surface area contributed by atoms with Gasteiger partial charge in [-0.2, -0.15) is 0 Å². The highest BCUT2D eigenvalue weighted by Crippen LogP contribution is 2.35. The molecule has 0 bridgehead atoms. The number of amides is 1.